The van der Waals surface area contributed by atoms with Gasteiger partial charge in [-0.15, -0.1) is 0 Å². The number of para-hydroxylation sites is 1. The second-order valence-electron chi connectivity index (χ2n) is 10.7. The average Bonchev–Trinajstić information content (AvgIpc) is 3.03. The maximum absolute atomic E-state index is 11.2. The maximum atomic E-state index is 11.2. The normalized spacial score (nSPS) is 15.0. The Kier molecular flexibility index (Phi) is 8.40. The number of hydrogen-bond donors (Lipinski definition) is 1. The lowest BCUT2D eigenvalue weighted by Crippen LogP contribution is -2.36. The van der Waals surface area contributed by atoms with Crippen molar-refractivity contribution in [2.45, 2.75) is 32.5 Å². The van der Waals surface area contributed by atoms with E-state index in [1.54, 1.807) is 0 Å². The van der Waals surface area contributed by atoms with E-state index in [-0.39, 0.29) is 12.3 Å². The number of ether oxygens (including phenoxy) is 3. The molecule has 0 spiro atoms. The summed E-state index contributed by atoms with van der Waals surface area (Å²) in [5.41, 5.74) is 4.96. The van der Waals surface area contributed by atoms with Crippen molar-refractivity contribution in [1.29, 1.82) is 0 Å². The van der Waals surface area contributed by atoms with Crippen molar-refractivity contribution in [3.63, 3.8) is 0 Å². The molecular formula is C34H35N3O5. The SMILES string of the molecule is O=C(O)CC1CCN(c2cccc3c2OCCN3c2ccc(OCc3ccccc3)nc2OCc2ccccc2)CC1. The molecule has 2 aliphatic rings. The summed E-state index contributed by atoms with van der Waals surface area (Å²) in [6.45, 7) is 3.56. The number of benzene rings is 3. The van der Waals surface area contributed by atoms with Crippen LogP contribution < -0.4 is 24.0 Å². The summed E-state index contributed by atoms with van der Waals surface area (Å²) in [7, 11) is 0. The highest BCUT2D eigenvalue weighted by Crippen LogP contribution is 2.46. The van der Waals surface area contributed by atoms with Gasteiger partial charge in [0.25, 0.3) is 0 Å². The quantitative estimate of drug-likeness (QED) is 0.235. The molecule has 0 aliphatic carbocycles. The monoisotopic (exact) mass is 565 g/mol. The van der Waals surface area contributed by atoms with Gasteiger partial charge >= 0.3 is 5.97 Å². The van der Waals surface area contributed by atoms with Gasteiger partial charge in [0.2, 0.25) is 11.8 Å². The number of nitrogens with zero attached hydrogens (tertiary/aromatic N) is 3. The highest BCUT2D eigenvalue weighted by Gasteiger charge is 2.29. The van der Waals surface area contributed by atoms with Crippen molar-refractivity contribution >= 4 is 23.0 Å². The van der Waals surface area contributed by atoms with Crippen LogP contribution in [-0.2, 0) is 18.0 Å². The molecule has 1 saturated heterocycles. The van der Waals surface area contributed by atoms with E-state index in [0.29, 0.717) is 38.1 Å². The zero-order valence-corrected chi connectivity index (χ0v) is 23.5. The predicted molar refractivity (Wildman–Crippen MR) is 162 cm³/mol. The van der Waals surface area contributed by atoms with Crippen molar-refractivity contribution < 1.29 is 24.1 Å². The number of aromatic nitrogens is 1. The molecule has 0 bridgehead atoms. The standard InChI is InChI=1S/C34H35N3O5/c38-32(39)22-25-16-18-36(19-17-25)28-12-7-13-29-33(28)40-21-20-37(29)30-14-15-31(41-23-26-8-3-1-4-9-26)35-34(30)42-24-27-10-5-2-6-11-27/h1-15,25H,16-24H2,(H,38,39). The fourth-order valence-corrected chi connectivity index (χ4v) is 5.62. The third kappa shape index (κ3) is 6.43. The Morgan fingerprint density at radius 2 is 1.45 bits per heavy atom. The first-order valence-electron chi connectivity index (χ1n) is 14.5. The minimum Gasteiger partial charge on any atom is -0.487 e. The van der Waals surface area contributed by atoms with Crippen molar-refractivity contribution in [1.82, 2.24) is 4.98 Å². The van der Waals surface area contributed by atoms with E-state index in [4.69, 9.17) is 19.2 Å². The first-order chi connectivity index (χ1) is 20.6. The summed E-state index contributed by atoms with van der Waals surface area (Å²) in [6.07, 6.45) is 1.94. The van der Waals surface area contributed by atoms with Crippen molar-refractivity contribution in [3.05, 3.63) is 102 Å². The molecule has 0 radical (unpaired) electrons. The molecule has 1 N–H and O–H groups in total. The summed E-state index contributed by atoms with van der Waals surface area (Å²) in [4.78, 5) is 20.5. The van der Waals surface area contributed by atoms with Gasteiger partial charge in [-0.3, -0.25) is 4.79 Å². The topological polar surface area (TPSA) is 84.4 Å². The number of fused-ring (bicyclic) bond motifs is 1. The molecule has 6 rings (SSSR count). The van der Waals surface area contributed by atoms with E-state index >= 15 is 0 Å². The number of carbonyl (C=O) groups is 1. The highest BCUT2D eigenvalue weighted by molar-refractivity contribution is 5.80. The van der Waals surface area contributed by atoms with Crippen LogP contribution in [0.25, 0.3) is 0 Å². The number of hydrogen-bond acceptors (Lipinski definition) is 7. The fraction of sp³-hybridized carbons (Fsp3) is 0.294. The van der Waals surface area contributed by atoms with Gasteiger partial charge < -0.3 is 29.1 Å². The van der Waals surface area contributed by atoms with E-state index in [2.05, 4.69) is 28.0 Å². The van der Waals surface area contributed by atoms with Crippen LogP contribution in [0.3, 0.4) is 0 Å². The van der Waals surface area contributed by atoms with Crippen molar-refractivity contribution in [3.8, 4) is 17.5 Å². The van der Waals surface area contributed by atoms with Crippen LogP contribution in [0.5, 0.6) is 17.5 Å². The van der Waals surface area contributed by atoms with E-state index in [9.17, 15) is 9.90 Å². The zero-order valence-electron chi connectivity index (χ0n) is 23.5. The molecule has 1 aromatic heterocycles. The van der Waals surface area contributed by atoms with E-state index < -0.39 is 5.97 Å². The molecule has 1 fully saturated rings. The van der Waals surface area contributed by atoms with E-state index in [1.165, 1.54) is 0 Å². The molecule has 4 aromatic rings. The molecule has 0 amide bonds. The minimum absolute atomic E-state index is 0.216. The van der Waals surface area contributed by atoms with Crippen molar-refractivity contribution in [2.75, 3.05) is 36.0 Å². The molecule has 0 unspecified atom stereocenters. The molecule has 8 nitrogen and oxygen atoms in total. The molecule has 0 saturated carbocycles. The average molecular weight is 566 g/mol. The lowest BCUT2D eigenvalue weighted by Gasteiger charge is -2.38. The van der Waals surface area contributed by atoms with Gasteiger partial charge in [0.1, 0.15) is 25.5 Å². The van der Waals surface area contributed by atoms with Crippen LogP contribution in [0.2, 0.25) is 0 Å². The first kappa shape index (κ1) is 27.4. The lowest BCUT2D eigenvalue weighted by atomic mass is 9.93. The molecule has 2 aliphatic heterocycles. The number of rotatable bonds is 10. The second-order valence-corrected chi connectivity index (χ2v) is 10.7. The van der Waals surface area contributed by atoms with Gasteiger partial charge in [0, 0.05) is 25.6 Å². The number of piperidine rings is 1. The summed E-state index contributed by atoms with van der Waals surface area (Å²) in [5, 5.41) is 9.21. The Bertz CT molecular complexity index is 1490. The summed E-state index contributed by atoms with van der Waals surface area (Å²) < 4.78 is 18.7. The van der Waals surface area contributed by atoms with Crippen LogP contribution in [0.4, 0.5) is 17.1 Å². The first-order valence-corrected chi connectivity index (χ1v) is 14.5. The third-order valence-electron chi connectivity index (χ3n) is 7.80. The van der Waals surface area contributed by atoms with Gasteiger partial charge in [-0.2, -0.15) is 4.98 Å². The van der Waals surface area contributed by atoms with Crippen LogP contribution in [-0.4, -0.2) is 42.3 Å². The summed E-state index contributed by atoms with van der Waals surface area (Å²) in [5.74, 6) is 1.32. The third-order valence-corrected chi connectivity index (χ3v) is 7.80. The Labute approximate surface area is 246 Å². The second kappa shape index (κ2) is 12.9. The lowest BCUT2D eigenvalue weighted by molar-refractivity contribution is -0.138. The van der Waals surface area contributed by atoms with Gasteiger partial charge in [-0.05, 0) is 48.1 Å². The Morgan fingerprint density at radius 1 is 0.786 bits per heavy atom. The molecule has 8 heteroatoms. The number of pyridine rings is 1. The van der Waals surface area contributed by atoms with E-state index in [0.717, 1.165) is 59.9 Å². The van der Waals surface area contributed by atoms with Gasteiger partial charge in [-0.25, -0.2) is 0 Å². The highest BCUT2D eigenvalue weighted by atomic mass is 16.5. The Hall–Kier alpha value is -4.72. The number of carboxylic acids is 1. The number of anilines is 3. The largest absolute Gasteiger partial charge is 0.487 e. The Morgan fingerprint density at radius 3 is 2.14 bits per heavy atom. The van der Waals surface area contributed by atoms with Crippen LogP contribution in [0.1, 0.15) is 30.4 Å². The molecule has 0 atom stereocenters. The van der Waals surface area contributed by atoms with E-state index in [1.807, 2.05) is 72.8 Å². The molecule has 42 heavy (non-hydrogen) atoms. The number of aliphatic carboxylic acids is 1. The Balaban J connectivity index is 1.27. The van der Waals surface area contributed by atoms with Crippen LogP contribution in [0, 0.1) is 5.92 Å². The molecule has 216 valence electrons. The van der Waals surface area contributed by atoms with Gasteiger partial charge in [0.15, 0.2) is 5.75 Å². The van der Waals surface area contributed by atoms with Crippen LogP contribution in [0.15, 0.2) is 91.0 Å². The van der Waals surface area contributed by atoms with Gasteiger partial charge in [-0.1, -0.05) is 66.7 Å². The molecule has 3 aromatic carbocycles. The molecule has 3 heterocycles. The summed E-state index contributed by atoms with van der Waals surface area (Å²) in [6, 6.07) is 30.2. The fourth-order valence-electron chi connectivity index (χ4n) is 5.62. The number of carboxylic acid groups (broad SMARTS) is 1. The molecular weight excluding hydrogens is 530 g/mol. The predicted octanol–water partition coefficient (Wildman–Crippen LogP) is 6.46. The maximum Gasteiger partial charge on any atom is 0.303 e. The van der Waals surface area contributed by atoms with Crippen molar-refractivity contribution in [2.24, 2.45) is 5.92 Å². The zero-order chi connectivity index (χ0) is 28.7. The smallest absolute Gasteiger partial charge is 0.303 e. The minimum atomic E-state index is -0.722. The summed E-state index contributed by atoms with van der Waals surface area (Å²) >= 11 is 0. The van der Waals surface area contributed by atoms with Gasteiger partial charge in [0.05, 0.1) is 17.9 Å². The van der Waals surface area contributed by atoms with Crippen LogP contribution >= 0.6 is 0 Å².